The van der Waals surface area contributed by atoms with E-state index in [-0.39, 0.29) is 5.91 Å². The molecular weight excluding hydrogens is 354 g/mol. The van der Waals surface area contributed by atoms with E-state index in [1.54, 1.807) is 11.3 Å². The standard InChI is InChI=1S/C22H27N3OS/c1-14-11-17(4)20-19(12-14)27-22(23-20)25(10-9-24(5)6)21(26)18-8-7-15(2)16(3)13-18/h7-8,11-13H,9-10H2,1-6H3. The number of carbonyl (C=O) groups excluding carboxylic acids is 1. The number of hydrogen-bond donors (Lipinski definition) is 0. The molecule has 1 heterocycles. The minimum atomic E-state index is 0.00776. The number of hydrogen-bond acceptors (Lipinski definition) is 4. The largest absolute Gasteiger partial charge is 0.308 e. The molecule has 4 nitrogen and oxygen atoms in total. The molecule has 0 bridgehead atoms. The topological polar surface area (TPSA) is 36.4 Å². The average Bonchev–Trinajstić information content (AvgIpc) is 3.01. The maximum atomic E-state index is 13.3. The van der Waals surface area contributed by atoms with Crippen LogP contribution in [0.1, 0.15) is 32.6 Å². The number of nitrogens with zero attached hydrogens (tertiary/aromatic N) is 3. The van der Waals surface area contributed by atoms with E-state index < -0.39 is 0 Å². The Bertz CT molecular complexity index is 991. The second kappa shape index (κ2) is 7.79. The van der Waals surface area contributed by atoms with E-state index in [2.05, 4.69) is 37.8 Å². The summed E-state index contributed by atoms with van der Waals surface area (Å²) in [5, 5.41) is 0.767. The average molecular weight is 382 g/mol. The molecule has 3 aromatic rings. The summed E-state index contributed by atoms with van der Waals surface area (Å²) in [4.78, 5) is 22.1. The molecule has 0 aliphatic heterocycles. The third kappa shape index (κ3) is 4.20. The fraction of sp³-hybridized carbons (Fsp3) is 0.364. The van der Waals surface area contributed by atoms with Crippen LogP contribution >= 0.6 is 11.3 Å². The number of benzene rings is 2. The van der Waals surface area contributed by atoms with Gasteiger partial charge in [-0.3, -0.25) is 9.69 Å². The Labute approximate surface area is 165 Å². The van der Waals surface area contributed by atoms with Crippen molar-refractivity contribution < 1.29 is 4.79 Å². The number of carbonyl (C=O) groups is 1. The molecule has 0 saturated heterocycles. The molecule has 1 aromatic heterocycles. The van der Waals surface area contributed by atoms with Gasteiger partial charge < -0.3 is 4.90 Å². The van der Waals surface area contributed by atoms with E-state index in [4.69, 9.17) is 4.98 Å². The third-order valence-electron chi connectivity index (χ3n) is 4.82. The van der Waals surface area contributed by atoms with Crippen LogP contribution in [0.4, 0.5) is 5.13 Å². The van der Waals surface area contributed by atoms with Gasteiger partial charge in [0.15, 0.2) is 5.13 Å². The van der Waals surface area contributed by atoms with Crippen molar-refractivity contribution in [3.63, 3.8) is 0 Å². The van der Waals surface area contributed by atoms with Gasteiger partial charge in [0, 0.05) is 18.7 Å². The van der Waals surface area contributed by atoms with E-state index >= 15 is 0 Å². The normalized spacial score (nSPS) is 11.4. The molecule has 0 radical (unpaired) electrons. The second-order valence-electron chi connectivity index (χ2n) is 7.48. The van der Waals surface area contributed by atoms with Gasteiger partial charge in [-0.1, -0.05) is 23.5 Å². The maximum Gasteiger partial charge on any atom is 0.260 e. The number of likely N-dealkylation sites (N-methyl/N-ethyl adjacent to an activating group) is 1. The molecule has 0 aliphatic rings. The summed E-state index contributed by atoms with van der Waals surface area (Å²) in [6.07, 6.45) is 0. The van der Waals surface area contributed by atoms with Gasteiger partial charge in [0.2, 0.25) is 0 Å². The first-order valence-corrected chi connectivity index (χ1v) is 9.99. The molecule has 3 rings (SSSR count). The lowest BCUT2D eigenvalue weighted by atomic mass is 10.1. The van der Waals surface area contributed by atoms with Crippen LogP contribution in [0.5, 0.6) is 0 Å². The van der Waals surface area contributed by atoms with Gasteiger partial charge >= 0.3 is 0 Å². The molecule has 0 aliphatic carbocycles. The molecule has 27 heavy (non-hydrogen) atoms. The number of aromatic nitrogens is 1. The first kappa shape index (κ1) is 19.5. The molecule has 1 amide bonds. The van der Waals surface area contributed by atoms with Crippen molar-refractivity contribution in [2.24, 2.45) is 0 Å². The molecule has 0 N–H and O–H groups in total. The highest BCUT2D eigenvalue weighted by molar-refractivity contribution is 7.22. The van der Waals surface area contributed by atoms with Crippen molar-refractivity contribution >= 4 is 32.6 Å². The van der Waals surface area contributed by atoms with Gasteiger partial charge in [-0.15, -0.1) is 0 Å². The van der Waals surface area contributed by atoms with Crippen LogP contribution in [0, 0.1) is 27.7 Å². The Morgan fingerprint density at radius 3 is 2.37 bits per heavy atom. The first-order valence-electron chi connectivity index (χ1n) is 9.18. The lowest BCUT2D eigenvalue weighted by Crippen LogP contribution is -2.36. The lowest BCUT2D eigenvalue weighted by molar-refractivity contribution is 0.0985. The number of anilines is 1. The SMILES string of the molecule is Cc1cc(C)c2nc(N(CCN(C)C)C(=O)c3ccc(C)c(C)c3)sc2c1. The number of fused-ring (bicyclic) bond motifs is 1. The second-order valence-corrected chi connectivity index (χ2v) is 8.49. The predicted molar refractivity (Wildman–Crippen MR) is 115 cm³/mol. The number of amides is 1. The minimum absolute atomic E-state index is 0.00776. The molecule has 2 aromatic carbocycles. The Hall–Kier alpha value is -2.24. The summed E-state index contributed by atoms with van der Waals surface area (Å²) in [6, 6.07) is 10.2. The lowest BCUT2D eigenvalue weighted by Gasteiger charge is -2.22. The fourth-order valence-electron chi connectivity index (χ4n) is 3.09. The summed E-state index contributed by atoms with van der Waals surface area (Å²) >= 11 is 1.59. The Balaban J connectivity index is 2.03. The number of thiazole rings is 1. The highest BCUT2D eigenvalue weighted by Crippen LogP contribution is 2.32. The molecule has 142 valence electrons. The van der Waals surface area contributed by atoms with Gasteiger partial charge in [0.05, 0.1) is 10.2 Å². The molecule has 0 atom stereocenters. The van der Waals surface area contributed by atoms with Gasteiger partial charge in [0.1, 0.15) is 0 Å². The number of rotatable bonds is 5. The van der Waals surface area contributed by atoms with Gasteiger partial charge in [-0.25, -0.2) is 4.98 Å². The van der Waals surface area contributed by atoms with Crippen molar-refractivity contribution in [1.82, 2.24) is 9.88 Å². The van der Waals surface area contributed by atoms with Crippen molar-refractivity contribution in [1.29, 1.82) is 0 Å². The molecule has 0 unspecified atom stereocenters. The summed E-state index contributed by atoms with van der Waals surface area (Å²) in [7, 11) is 4.04. The van der Waals surface area contributed by atoms with Crippen molar-refractivity contribution in [2.45, 2.75) is 27.7 Å². The maximum absolute atomic E-state index is 13.3. The Morgan fingerprint density at radius 2 is 1.70 bits per heavy atom. The summed E-state index contributed by atoms with van der Waals surface area (Å²) in [5.74, 6) is 0.00776. The summed E-state index contributed by atoms with van der Waals surface area (Å²) in [6.45, 7) is 9.66. The van der Waals surface area contributed by atoms with Crippen LogP contribution in [-0.2, 0) is 0 Å². The van der Waals surface area contributed by atoms with E-state index in [1.165, 1.54) is 11.1 Å². The molecule has 0 fully saturated rings. The van der Waals surface area contributed by atoms with E-state index in [1.807, 2.05) is 44.1 Å². The van der Waals surface area contributed by atoms with Crippen molar-refractivity contribution in [3.8, 4) is 0 Å². The van der Waals surface area contributed by atoms with E-state index in [0.717, 1.165) is 33.0 Å². The quantitative estimate of drug-likeness (QED) is 0.640. The third-order valence-corrected chi connectivity index (χ3v) is 5.84. The molecule has 5 heteroatoms. The van der Waals surface area contributed by atoms with Crippen molar-refractivity contribution in [3.05, 3.63) is 58.1 Å². The van der Waals surface area contributed by atoms with Crippen LogP contribution in [0.2, 0.25) is 0 Å². The van der Waals surface area contributed by atoms with Crippen LogP contribution in [0.25, 0.3) is 10.2 Å². The summed E-state index contributed by atoms with van der Waals surface area (Å²) in [5.41, 5.74) is 6.39. The van der Waals surface area contributed by atoms with E-state index in [0.29, 0.717) is 12.1 Å². The zero-order valence-corrected chi connectivity index (χ0v) is 17.8. The van der Waals surface area contributed by atoms with Crippen LogP contribution in [-0.4, -0.2) is 43.0 Å². The zero-order chi connectivity index (χ0) is 19.7. The van der Waals surface area contributed by atoms with Crippen LogP contribution in [0.3, 0.4) is 0 Å². The molecule has 0 saturated carbocycles. The van der Waals surface area contributed by atoms with Crippen LogP contribution in [0.15, 0.2) is 30.3 Å². The monoisotopic (exact) mass is 381 g/mol. The van der Waals surface area contributed by atoms with Gasteiger partial charge in [-0.2, -0.15) is 0 Å². The molecular formula is C22H27N3OS. The van der Waals surface area contributed by atoms with E-state index in [9.17, 15) is 4.79 Å². The van der Waals surface area contributed by atoms with Crippen LogP contribution < -0.4 is 4.90 Å². The molecule has 0 spiro atoms. The van der Waals surface area contributed by atoms with Gasteiger partial charge in [-0.05, 0) is 82.2 Å². The Morgan fingerprint density at radius 1 is 0.963 bits per heavy atom. The zero-order valence-electron chi connectivity index (χ0n) is 17.0. The van der Waals surface area contributed by atoms with Crippen molar-refractivity contribution in [2.75, 3.05) is 32.1 Å². The minimum Gasteiger partial charge on any atom is -0.308 e. The Kier molecular flexibility index (Phi) is 5.63. The smallest absolute Gasteiger partial charge is 0.260 e. The summed E-state index contributed by atoms with van der Waals surface area (Å²) < 4.78 is 1.13. The number of aryl methyl sites for hydroxylation is 4. The first-order chi connectivity index (χ1) is 12.8. The van der Waals surface area contributed by atoms with Gasteiger partial charge in [0.25, 0.3) is 5.91 Å². The predicted octanol–water partition coefficient (Wildman–Crippen LogP) is 4.74. The highest BCUT2D eigenvalue weighted by Gasteiger charge is 2.22. The fourth-order valence-corrected chi connectivity index (χ4v) is 4.25. The highest BCUT2D eigenvalue weighted by atomic mass is 32.1.